The van der Waals surface area contributed by atoms with Crippen LogP contribution in [0.3, 0.4) is 0 Å². The van der Waals surface area contributed by atoms with Gasteiger partial charge in [-0.3, -0.25) is 19.7 Å². The van der Waals surface area contributed by atoms with Gasteiger partial charge in [0.25, 0.3) is 17.5 Å². The number of ether oxygens (including phenoxy) is 1. The molecule has 0 radical (unpaired) electrons. The molecule has 0 aromatic heterocycles. The number of benzene rings is 3. The summed E-state index contributed by atoms with van der Waals surface area (Å²) in [6.07, 6.45) is 0. The lowest BCUT2D eigenvalue weighted by Gasteiger charge is -2.16. The van der Waals surface area contributed by atoms with E-state index in [1.165, 1.54) is 31.4 Å². The Bertz CT molecular complexity index is 1310. The van der Waals surface area contributed by atoms with Crippen LogP contribution < -0.4 is 15.0 Å². The summed E-state index contributed by atoms with van der Waals surface area (Å²) in [5, 5.41) is 14.2. The smallest absolute Gasteiger partial charge is 0.282 e. The molecule has 4 rings (SSSR count). The zero-order valence-electron chi connectivity index (χ0n) is 18.3. The molecule has 33 heavy (non-hydrogen) atoms. The minimum Gasteiger partial charge on any atom is -0.497 e. The first-order valence-electron chi connectivity index (χ1n) is 10.2. The number of amides is 2. The molecule has 1 aliphatic heterocycles. The number of carbonyl (C=O) groups excluding carboxylic acids is 2. The molecule has 166 valence electrons. The summed E-state index contributed by atoms with van der Waals surface area (Å²) < 4.78 is 5.24. The molecular weight excluding hydrogens is 422 g/mol. The summed E-state index contributed by atoms with van der Waals surface area (Å²) in [6.45, 7) is 3.87. The number of hydrogen-bond donors (Lipinski definition) is 1. The van der Waals surface area contributed by atoms with Gasteiger partial charge in [-0.05, 0) is 55.3 Å². The summed E-state index contributed by atoms with van der Waals surface area (Å²) in [5.74, 6) is -0.559. The Morgan fingerprint density at radius 2 is 1.67 bits per heavy atom. The summed E-state index contributed by atoms with van der Waals surface area (Å²) >= 11 is 0. The number of nitrogens with one attached hydrogen (secondary N) is 1. The third-order valence-electron chi connectivity index (χ3n) is 5.40. The minimum absolute atomic E-state index is 0.101. The van der Waals surface area contributed by atoms with Crippen LogP contribution >= 0.6 is 0 Å². The van der Waals surface area contributed by atoms with E-state index in [0.717, 1.165) is 16.0 Å². The first-order chi connectivity index (χ1) is 15.8. The van der Waals surface area contributed by atoms with Crippen molar-refractivity contribution in [3.05, 3.63) is 99.2 Å². The molecule has 2 amide bonds. The minimum atomic E-state index is -0.533. The molecule has 0 saturated heterocycles. The maximum Gasteiger partial charge on any atom is 0.282 e. The molecule has 1 N–H and O–H groups in total. The highest BCUT2D eigenvalue weighted by Gasteiger charge is 2.40. The molecule has 0 atom stereocenters. The summed E-state index contributed by atoms with van der Waals surface area (Å²) in [4.78, 5) is 38.6. The maximum atomic E-state index is 13.5. The fourth-order valence-electron chi connectivity index (χ4n) is 3.74. The number of nitro benzene ring substituents is 1. The number of nitro groups is 1. The van der Waals surface area contributed by atoms with Crippen molar-refractivity contribution in [2.24, 2.45) is 0 Å². The molecule has 0 aliphatic carbocycles. The van der Waals surface area contributed by atoms with Crippen LogP contribution in [-0.4, -0.2) is 23.8 Å². The molecule has 0 unspecified atom stereocenters. The van der Waals surface area contributed by atoms with Crippen molar-refractivity contribution >= 4 is 34.4 Å². The van der Waals surface area contributed by atoms with Gasteiger partial charge < -0.3 is 10.1 Å². The van der Waals surface area contributed by atoms with Gasteiger partial charge in [0.05, 0.1) is 23.3 Å². The number of imide groups is 1. The topological polar surface area (TPSA) is 102 Å². The largest absolute Gasteiger partial charge is 0.497 e. The van der Waals surface area contributed by atoms with Crippen molar-refractivity contribution in [3.8, 4) is 5.75 Å². The lowest BCUT2D eigenvalue weighted by Crippen LogP contribution is -2.32. The highest BCUT2D eigenvalue weighted by molar-refractivity contribution is 6.46. The molecule has 8 heteroatoms. The van der Waals surface area contributed by atoms with Crippen molar-refractivity contribution in [1.29, 1.82) is 0 Å². The van der Waals surface area contributed by atoms with E-state index in [2.05, 4.69) is 5.32 Å². The fourth-order valence-corrected chi connectivity index (χ4v) is 3.74. The summed E-state index contributed by atoms with van der Waals surface area (Å²) in [5.41, 5.74) is 3.55. The van der Waals surface area contributed by atoms with Gasteiger partial charge in [0.1, 0.15) is 11.4 Å². The standard InChI is InChI=1S/C25H21N3O5/c1-15-7-12-21(16(2)13-15)26-23-22(17-8-10-18(11-9-17)28(31)32)24(29)27(25(23)30)19-5-4-6-20(14-19)33-3/h4-14,26H,1-3H3. The Balaban J connectivity index is 1.83. The van der Waals surface area contributed by atoms with Gasteiger partial charge in [0.15, 0.2) is 0 Å². The number of nitrogens with zero attached hydrogens (tertiary/aromatic N) is 2. The Kier molecular flexibility index (Phi) is 5.66. The number of hydrogen-bond acceptors (Lipinski definition) is 6. The lowest BCUT2D eigenvalue weighted by atomic mass is 10.0. The van der Waals surface area contributed by atoms with Gasteiger partial charge in [-0.25, -0.2) is 4.90 Å². The van der Waals surface area contributed by atoms with E-state index < -0.39 is 16.7 Å². The van der Waals surface area contributed by atoms with E-state index in [9.17, 15) is 19.7 Å². The molecule has 0 fully saturated rings. The van der Waals surface area contributed by atoms with E-state index in [4.69, 9.17) is 4.74 Å². The maximum absolute atomic E-state index is 13.5. The second kappa shape index (κ2) is 8.58. The van der Waals surface area contributed by atoms with Crippen LogP contribution in [0.4, 0.5) is 17.1 Å². The highest BCUT2D eigenvalue weighted by Crippen LogP contribution is 2.35. The fraction of sp³-hybridized carbons (Fsp3) is 0.120. The first-order valence-corrected chi connectivity index (χ1v) is 10.2. The SMILES string of the molecule is COc1cccc(N2C(=O)C(Nc3ccc(C)cc3C)=C(c3ccc([N+](=O)[O-])cc3)C2=O)c1. The number of carbonyl (C=O) groups is 2. The van der Waals surface area contributed by atoms with E-state index in [1.807, 2.05) is 32.0 Å². The summed E-state index contributed by atoms with van der Waals surface area (Å²) in [6, 6.07) is 17.9. The quantitative estimate of drug-likeness (QED) is 0.339. The van der Waals surface area contributed by atoms with Gasteiger partial charge in [-0.1, -0.05) is 23.8 Å². The monoisotopic (exact) mass is 443 g/mol. The first kappa shape index (κ1) is 21.8. The lowest BCUT2D eigenvalue weighted by molar-refractivity contribution is -0.384. The van der Waals surface area contributed by atoms with Gasteiger partial charge in [-0.2, -0.15) is 0 Å². The van der Waals surface area contributed by atoms with Crippen LogP contribution in [0.5, 0.6) is 5.75 Å². The Hall–Kier alpha value is -4.46. The van der Waals surface area contributed by atoms with Crippen molar-refractivity contribution in [1.82, 2.24) is 0 Å². The van der Waals surface area contributed by atoms with Gasteiger partial charge in [0, 0.05) is 23.9 Å². The van der Waals surface area contributed by atoms with Crippen LogP contribution in [0, 0.1) is 24.0 Å². The molecule has 0 bridgehead atoms. The van der Waals surface area contributed by atoms with Crippen molar-refractivity contribution in [2.45, 2.75) is 13.8 Å². The second-order valence-corrected chi connectivity index (χ2v) is 7.64. The molecular formula is C25H21N3O5. The van der Waals surface area contributed by atoms with Crippen LogP contribution in [0.1, 0.15) is 16.7 Å². The predicted octanol–water partition coefficient (Wildman–Crippen LogP) is 4.62. The number of methoxy groups -OCH3 is 1. The van der Waals surface area contributed by atoms with Crippen LogP contribution in [0.2, 0.25) is 0 Å². The third-order valence-corrected chi connectivity index (χ3v) is 5.40. The number of non-ortho nitro benzene ring substituents is 1. The van der Waals surface area contributed by atoms with Crippen molar-refractivity contribution in [3.63, 3.8) is 0 Å². The predicted molar refractivity (Wildman–Crippen MR) is 125 cm³/mol. The highest BCUT2D eigenvalue weighted by atomic mass is 16.6. The van der Waals surface area contributed by atoms with E-state index in [1.54, 1.807) is 24.3 Å². The molecule has 1 heterocycles. The van der Waals surface area contributed by atoms with Crippen LogP contribution in [-0.2, 0) is 9.59 Å². The average molecular weight is 443 g/mol. The van der Waals surface area contributed by atoms with Crippen molar-refractivity contribution in [2.75, 3.05) is 17.3 Å². The second-order valence-electron chi connectivity index (χ2n) is 7.64. The Morgan fingerprint density at radius 3 is 2.30 bits per heavy atom. The zero-order valence-corrected chi connectivity index (χ0v) is 18.3. The number of rotatable bonds is 6. The molecule has 3 aromatic carbocycles. The summed E-state index contributed by atoms with van der Waals surface area (Å²) in [7, 11) is 1.50. The van der Waals surface area contributed by atoms with Crippen LogP contribution in [0.15, 0.2) is 72.4 Å². The molecule has 1 aliphatic rings. The molecule has 3 aromatic rings. The number of aryl methyl sites for hydroxylation is 2. The Labute approximate surface area is 190 Å². The van der Waals surface area contributed by atoms with Gasteiger partial charge in [0.2, 0.25) is 0 Å². The number of anilines is 2. The van der Waals surface area contributed by atoms with Gasteiger partial charge in [-0.15, -0.1) is 0 Å². The normalized spacial score (nSPS) is 13.5. The van der Waals surface area contributed by atoms with E-state index in [-0.39, 0.29) is 17.0 Å². The van der Waals surface area contributed by atoms with E-state index >= 15 is 0 Å². The Morgan fingerprint density at radius 1 is 0.939 bits per heavy atom. The van der Waals surface area contributed by atoms with Crippen LogP contribution in [0.25, 0.3) is 5.57 Å². The molecule has 8 nitrogen and oxygen atoms in total. The van der Waals surface area contributed by atoms with E-state index in [0.29, 0.717) is 22.7 Å². The van der Waals surface area contributed by atoms with Gasteiger partial charge >= 0.3 is 0 Å². The van der Waals surface area contributed by atoms with Crippen molar-refractivity contribution < 1.29 is 19.2 Å². The third kappa shape index (κ3) is 4.06. The zero-order chi connectivity index (χ0) is 23.7. The average Bonchev–Trinajstić information content (AvgIpc) is 3.04. The molecule has 0 saturated carbocycles. The molecule has 0 spiro atoms.